The summed E-state index contributed by atoms with van der Waals surface area (Å²) in [6, 6.07) is -0.720. The van der Waals surface area contributed by atoms with Gasteiger partial charge in [0.25, 0.3) is 0 Å². The summed E-state index contributed by atoms with van der Waals surface area (Å²) in [4.78, 5) is 34.8. The van der Waals surface area contributed by atoms with Crippen molar-refractivity contribution >= 4 is 84.8 Å². The molecule has 10 heteroatoms. The Morgan fingerprint density at radius 1 is 1.25 bits per heavy atom. The van der Waals surface area contributed by atoms with Crippen molar-refractivity contribution < 1.29 is 53.0 Å². The Labute approximate surface area is 211 Å². The van der Waals surface area contributed by atoms with Crippen molar-refractivity contribution in [2.75, 3.05) is 6.61 Å². The summed E-state index contributed by atoms with van der Waals surface area (Å²) in [5.74, 6) is -1.01. The van der Waals surface area contributed by atoms with E-state index in [1.54, 1.807) is 6.92 Å². The van der Waals surface area contributed by atoms with E-state index in [2.05, 4.69) is 40.2 Å². The third-order valence-electron chi connectivity index (χ3n) is 3.65. The first-order valence-corrected chi connectivity index (χ1v) is 8.14. The number of amides is 4. The first kappa shape index (κ1) is 29.9. The average Bonchev–Trinajstić information content (AvgIpc) is 2.39. The van der Waals surface area contributed by atoms with E-state index in [0.29, 0.717) is 17.4 Å². The van der Waals surface area contributed by atoms with Crippen molar-refractivity contribution in [1.29, 1.82) is 0 Å². The summed E-state index contributed by atoms with van der Waals surface area (Å²) >= 11 is 8.12. The Kier molecular flexibility index (Phi) is 18.9. The van der Waals surface area contributed by atoms with Crippen molar-refractivity contribution in [2.45, 2.75) is 47.0 Å². The molecule has 1 aliphatic heterocycles. The molecule has 6 nitrogen and oxygen atoms in total. The van der Waals surface area contributed by atoms with Crippen molar-refractivity contribution in [2.24, 2.45) is 11.3 Å². The number of nitrogens with one attached hydrogen (secondary N) is 2. The average molecular weight is 415 g/mol. The molecule has 0 radical (unpaired) electrons. The molecule has 1 unspecified atom stereocenters. The smallest absolute Gasteiger partial charge is 1.00 e. The van der Waals surface area contributed by atoms with Crippen LogP contribution in [0.15, 0.2) is 0 Å². The second-order valence-corrected chi connectivity index (χ2v) is 6.03. The zero-order valence-electron chi connectivity index (χ0n) is 18.1. The van der Waals surface area contributed by atoms with Gasteiger partial charge in [-0.1, -0.05) is 39.8 Å². The minimum atomic E-state index is -1.09. The topological polar surface area (TPSA) is 84.5 Å². The van der Waals surface area contributed by atoms with Crippen LogP contribution in [0.3, 0.4) is 0 Å². The molecule has 132 valence electrons. The zero-order chi connectivity index (χ0) is 17.3. The maximum Gasteiger partial charge on any atom is 2.00 e. The van der Waals surface area contributed by atoms with Crippen LogP contribution in [0.5, 0.6) is 0 Å². The fourth-order valence-corrected chi connectivity index (χ4v) is 2.73. The van der Waals surface area contributed by atoms with Gasteiger partial charge in [0.1, 0.15) is 5.41 Å². The van der Waals surface area contributed by atoms with E-state index in [9.17, 15) is 14.4 Å². The van der Waals surface area contributed by atoms with E-state index in [1.807, 2.05) is 20.8 Å². The molecule has 1 heterocycles. The molecule has 1 rings (SSSR count). The van der Waals surface area contributed by atoms with Crippen molar-refractivity contribution in [3.05, 3.63) is 0 Å². The number of urea groups is 1. The van der Waals surface area contributed by atoms with Crippen molar-refractivity contribution in [3.63, 3.8) is 0 Å². The molecule has 0 bridgehead atoms. The first-order chi connectivity index (χ1) is 10.3. The number of thiol groups is 1. The van der Waals surface area contributed by atoms with E-state index in [1.165, 1.54) is 0 Å². The Hall–Kier alpha value is 1.11. The van der Waals surface area contributed by atoms with Gasteiger partial charge in [0.15, 0.2) is 0 Å². The molecule has 0 aromatic heterocycles. The standard InChI is InChI=1S/C11H18N2O3.C3H6OS2.Ca.Na.3H/c1-4-6-7(3)11(5-2)8(14)12-10(16)13-9(11)15;1-2-4-3(5)6;;;;;/h7H,4-6H2,1-3H3,(H2,12,13,14,15,16);2H2,1H3,(H,5,6);;;;;/q;;+2;+1;3*-1. The van der Waals surface area contributed by atoms with Gasteiger partial charge < -0.3 is 9.02 Å². The zero-order valence-corrected chi connectivity index (χ0v) is 21.0. The fraction of sp³-hybridized carbons (Fsp3) is 0.714. The number of ether oxygens (including phenoxy) is 1. The van der Waals surface area contributed by atoms with Crippen LogP contribution >= 0.6 is 24.8 Å². The number of imide groups is 2. The maximum atomic E-state index is 11.9. The van der Waals surface area contributed by atoms with Crippen LogP contribution in [0.1, 0.15) is 51.2 Å². The van der Waals surface area contributed by atoms with E-state index in [0.717, 1.165) is 12.8 Å². The second-order valence-electron chi connectivity index (χ2n) is 4.95. The molecule has 0 saturated carbocycles. The molecule has 1 aliphatic rings. The fourth-order valence-electron chi connectivity index (χ4n) is 2.48. The van der Waals surface area contributed by atoms with Gasteiger partial charge in [0.2, 0.25) is 16.2 Å². The molecule has 0 aliphatic carbocycles. The van der Waals surface area contributed by atoms with Gasteiger partial charge in [0, 0.05) is 0 Å². The number of carbonyl (C=O) groups is 3. The quantitative estimate of drug-likeness (QED) is 0.242. The monoisotopic (exact) mass is 414 g/mol. The van der Waals surface area contributed by atoms with E-state index in [4.69, 9.17) is 0 Å². The molecule has 2 N–H and O–H groups in total. The van der Waals surface area contributed by atoms with Crippen LogP contribution in [-0.2, 0) is 14.3 Å². The minimum absolute atomic E-state index is 0. The van der Waals surface area contributed by atoms with Crippen LogP contribution in [0.2, 0.25) is 0 Å². The summed E-state index contributed by atoms with van der Waals surface area (Å²) < 4.78 is 4.95. The molecule has 24 heavy (non-hydrogen) atoms. The van der Waals surface area contributed by atoms with E-state index < -0.39 is 23.3 Å². The van der Waals surface area contributed by atoms with Crippen molar-refractivity contribution in [3.8, 4) is 0 Å². The number of hydrogen-bond donors (Lipinski definition) is 3. The first-order valence-electron chi connectivity index (χ1n) is 7.28. The van der Waals surface area contributed by atoms with Gasteiger partial charge in [-0.15, -0.1) is 0 Å². The minimum Gasteiger partial charge on any atom is -1.00 e. The van der Waals surface area contributed by atoms with Crippen LogP contribution in [-0.4, -0.2) is 66.6 Å². The molecular formula is C14H27CaN2NaO4S2. The number of barbiturate groups is 1. The predicted molar refractivity (Wildman–Crippen MR) is 101 cm³/mol. The number of carbonyl (C=O) groups excluding carboxylic acids is 3. The van der Waals surface area contributed by atoms with Crippen LogP contribution < -0.4 is 40.2 Å². The van der Waals surface area contributed by atoms with E-state index >= 15 is 0 Å². The van der Waals surface area contributed by atoms with Gasteiger partial charge in [-0.3, -0.25) is 20.2 Å². The Morgan fingerprint density at radius 3 is 1.96 bits per heavy atom. The number of thiocarbonyl (C=S) groups is 1. The Bertz CT molecular complexity index is 446. The third kappa shape index (κ3) is 8.66. The van der Waals surface area contributed by atoms with Gasteiger partial charge >= 0.3 is 73.3 Å². The van der Waals surface area contributed by atoms with Crippen LogP contribution in [0.4, 0.5) is 4.79 Å². The molecule has 1 saturated heterocycles. The number of rotatable bonds is 5. The molecule has 4 amide bonds. The van der Waals surface area contributed by atoms with Gasteiger partial charge in [-0.05, 0) is 37.9 Å². The molecule has 1 atom stereocenters. The van der Waals surface area contributed by atoms with Crippen LogP contribution in [0, 0.1) is 11.3 Å². The third-order valence-corrected chi connectivity index (χ3v) is 3.90. The SMILES string of the molecule is CCCC(C)C1(CC)C(=O)NC(=O)NC1=O.CCOC(=S)S.[Ca+2].[H-].[H-].[H-].[Na+]. The largest absolute Gasteiger partial charge is 2.00 e. The van der Waals surface area contributed by atoms with Gasteiger partial charge in [-0.2, -0.15) is 0 Å². The normalized spacial score (nSPS) is 16.1. The Balaban J connectivity index is -0.0000000889. The predicted octanol–water partition coefficient (Wildman–Crippen LogP) is -0.617. The summed E-state index contributed by atoms with van der Waals surface area (Å²) in [6.07, 6.45) is 2.08. The summed E-state index contributed by atoms with van der Waals surface area (Å²) in [5, 5.41) is 4.36. The van der Waals surface area contributed by atoms with Gasteiger partial charge in [0.05, 0.1) is 6.61 Å². The summed E-state index contributed by atoms with van der Waals surface area (Å²) in [5.41, 5.74) is -1.09. The summed E-state index contributed by atoms with van der Waals surface area (Å²) in [6.45, 7) is 8.15. The molecule has 0 aromatic carbocycles. The van der Waals surface area contributed by atoms with Gasteiger partial charge in [-0.25, -0.2) is 4.79 Å². The second kappa shape index (κ2) is 15.2. The van der Waals surface area contributed by atoms with E-state index in [-0.39, 0.29) is 77.5 Å². The molecule has 1 fully saturated rings. The van der Waals surface area contributed by atoms with Crippen molar-refractivity contribution in [1.82, 2.24) is 10.6 Å². The van der Waals surface area contributed by atoms with Crippen LogP contribution in [0.25, 0.3) is 0 Å². The summed E-state index contributed by atoms with van der Waals surface area (Å²) in [7, 11) is 0. The maximum absolute atomic E-state index is 11.9. The number of hydrogen-bond acceptors (Lipinski definition) is 5. The molecule has 0 aromatic rings. The Morgan fingerprint density at radius 2 is 1.71 bits per heavy atom. The molecule has 0 spiro atoms. The molecular weight excluding hydrogens is 387 g/mol.